The van der Waals surface area contributed by atoms with Crippen LogP contribution in [0.4, 0.5) is 5.69 Å². The molecule has 0 aromatic heterocycles. The van der Waals surface area contributed by atoms with Gasteiger partial charge in [0.05, 0.1) is 22.3 Å². The Hall–Kier alpha value is -1.98. The number of nitriles is 1. The van der Waals surface area contributed by atoms with Crippen LogP contribution in [0.3, 0.4) is 0 Å². The van der Waals surface area contributed by atoms with Crippen molar-refractivity contribution in [2.75, 3.05) is 5.32 Å². The fourth-order valence-electron chi connectivity index (χ4n) is 2.58. The molecule has 0 saturated carbocycles. The van der Waals surface area contributed by atoms with Gasteiger partial charge in [-0.2, -0.15) is 5.26 Å². The molecule has 0 bridgehead atoms. The van der Waals surface area contributed by atoms with Crippen molar-refractivity contribution < 1.29 is 0 Å². The van der Waals surface area contributed by atoms with Crippen molar-refractivity contribution >= 4 is 17.3 Å². The van der Waals surface area contributed by atoms with Gasteiger partial charge in [0, 0.05) is 6.04 Å². The summed E-state index contributed by atoms with van der Waals surface area (Å²) < 4.78 is 0. The molecule has 1 aliphatic carbocycles. The van der Waals surface area contributed by atoms with E-state index in [1.54, 1.807) is 12.1 Å². The quantitative estimate of drug-likeness (QED) is 0.899. The molecule has 1 N–H and O–H groups in total. The van der Waals surface area contributed by atoms with Gasteiger partial charge in [-0.05, 0) is 42.2 Å². The molecule has 0 spiro atoms. The minimum atomic E-state index is 0.378. The van der Waals surface area contributed by atoms with Crippen molar-refractivity contribution in [1.82, 2.24) is 0 Å². The first-order valence-electron chi connectivity index (χ1n) is 6.29. The second kappa shape index (κ2) is 4.95. The summed E-state index contributed by atoms with van der Waals surface area (Å²) in [4.78, 5) is 0. The third kappa shape index (κ3) is 2.43. The Bertz CT molecular complexity index is 633. The third-order valence-electron chi connectivity index (χ3n) is 3.51. The molecule has 0 radical (unpaired) electrons. The van der Waals surface area contributed by atoms with E-state index >= 15 is 0 Å². The molecular weight excluding hydrogens is 256 g/mol. The van der Waals surface area contributed by atoms with Crippen LogP contribution in [0.25, 0.3) is 0 Å². The van der Waals surface area contributed by atoms with Crippen LogP contribution in [0.1, 0.15) is 16.7 Å². The summed E-state index contributed by atoms with van der Waals surface area (Å²) >= 11 is 6.18. The molecule has 3 rings (SSSR count). The van der Waals surface area contributed by atoms with E-state index < -0.39 is 0 Å². The first-order chi connectivity index (χ1) is 9.26. The number of fused-ring (bicyclic) bond motifs is 1. The fourth-order valence-corrected chi connectivity index (χ4v) is 2.82. The van der Waals surface area contributed by atoms with Gasteiger partial charge in [0.15, 0.2) is 0 Å². The molecule has 1 aliphatic rings. The molecule has 0 saturated heterocycles. The van der Waals surface area contributed by atoms with Crippen molar-refractivity contribution in [3.63, 3.8) is 0 Å². The maximum atomic E-state index is 8.83. The third-order valence-corrected chi connectivity index (χ3v) is 3.82. The highest BCUT2D eigenvalue weighted by Crippen LogP contribution is 2.28. The number of rotatable bonds is 2. The van der Waals surface area contributed by atoms with E-state index in [1.807, 2.05) is 6.07 Å². The van der Waals surface area contributed by atoms with E-state index in [-0.39, 0.29) is 0 Å². The van der Waals surface area contributed by atoms with E-state index in [0.29, 0.717) is 16.6 Å². The Morgan fingerprint density at radius 3 is 2.37 bits per heavy atom. The SMILES string of the molecule is N#Cc1ccc(NC2Cc3ccccc3C2)c(Cl)c1. The normalized spacial score (nSPS) is 13.9. The largest absolute Gasteiger partial charge is 0.380 e. The highest BCUT2D eigenvalue weighted by atomic mass is 35.5. The Morgan fingerprint density at radius 2 is 1.79 bits per heavy atom. The van der Waals surface area contributed by atoms with E-state index in [4.69, 9.17) is 16.9 Å². The Morgan fingerprint density at radius 1 is 1.11 bits per heavy atom. The van der Waals surface area contributed by atoms with Crippen LogP contribution in [-0.2, 0) is 12.8 Å². The van der Waals surface area contributed by atoms with E-state index in [1.165, 1.54) is 11.1 Å². The van der Waals surface area contributed by atoms with Crippen LogP contribution in [0.15, 0.2) is 42.5 Å². The topological polar surface area (TPSA) is 35.8 Å². The van der Waals surface area contributed by atoms with E-state index in [0.717, 1.165) is 18.5 Å². The average Bonchev–Trinajstić information content (AvgIpc) is 2.83. The van der Waals surface area contributed by atoms with Crippen LogP contribution < -0.4 is 5.32 Å². The first-order valence-corrected chi connectivity index (χ1v) is 6.67. The summed E-state index contributed by atoms with van der Waals surface area (Å²) in [5, 5.41) is 12.9. The highest BCUT2D eigenvalue weighted by molar-refractivity contribution is 6.33. The molecule has 0 aliphatic heterocycles. The van der Waals surface area contributed by atoms with Crippen LogP contribution >= 0.6 is 11.6 Å². The number of hydrogen-bond donors (Lipinski definition) is 1. The lowest BCUT2D eigenvalue weighted by atomic mass is 10.1. The minimum Gasteiger partial charge on any atom is -0.380 e. The lowest BCUT2D eigenvalue weighted by Crippen LogP contribution is -2.19. The summed E-state index contributed by atoms with van der Waals surface area (Å²) in [5.74, 6) is 0. The van der Waals surface area contributed by atoms with Crippen LogP contribution in [-0.4, -0.2) is 6.04 Å². The molecule has 0 amide bonds. The Kier molecular flexibility index (Phi) is 3.15. The average molecular weight is 269 g/mol. The van der Waals surface area contributed by atoms with Gasteiger partial charge in [0.2, 0.25) is 0 Å². The lowest BCUT2D eigenvalue weighted by Gasteiger charge is -2.15. The van der Waals surface area contributed by atoms with Gasteiger partial charge in [-0.3, -0.25) is 0 Å². The number of nitrogens with one attached hydrogen (secondary N) is 1. The Labute approximate surface area is 117 Å². The molecule has 2 aromatic carbocycles. The van der Waals surface area contributed by atoms with Crippen molar-refractivity contribution in [3.05, 3.63) is 64.2 Å². The number of hydrogen-bond acceptors (Lipinski definition) is 2. The summed E-state index contributed by atoms with van der Waals surface area (Å²) in [6, 6.07) is 16.3. The van der Waals surface area contributed by atoms with Crippen molar-refractivity contribution in [2.24, 2.45) is 0 Å². The van der Waals surface area contributed by atoms with Gasteiger partial charge in [-0.1, -0.05) is 35.9 Å². The summed E-state index contributed by atoms with van der Waals surface area (Å²) in [6.07, 6.45) is 2.04. The van der Waals surface area contributed by atoms with Crippen molar-refractivity contribution in [3.8, 4) is 6.07 Å². The number of halogens is 1. The molecule has 19 heavy (non-hydrogen) atoms. The molecule has 94 valence electrons. The zero-order valence-corrected chi connectivity index (χ0v) is 11.1. The van der Waals surface area contributed by atoms with Crippen LogP contribution in [0.2, 0.25) is 5.02 Å². The minimum absolute atomic E-state index is 0.378. The molecular formula is C16H13ClN2. The van der Waals surface area contributed by atoms with Gasteiger partial charge < -0.3 is 5.32 Å². The second-order valence-corrected chi connectivity index (χ2v) is 5.23. The number of nitrogens with zero attached hydrogens (tertiary/aromatic N) is 1. The standard InChI is InChI=1S/C16H13ClN2/c17-15-7-11(10-18)5-6-16(15)19-14-8-12-3-1-2-4-13(12)9-14/h1-7,14,19H,8-9H2. The van der Waals surface area contributed by atoms with Gasteiger partial charge >= 0.3 is 0 Å². The number of anilines is 1. The highest BCUT2D eigenvalue weighted by Gasteiger charge is 2.21. The summed E-state index contributed by atoms with van der Waals surface area (Å²) in [7, 11) is 0. The summed E-state index contributed by atoms with van der Waals surface area (Å²) in [6.45, 7) is 0. The van der Waals surface area contributed by atoms with Crippen molar-refractivity contribution in [2.45, 2.75) is 18.9 Å². The van der Waals surface area contributed by atoms with E-state index in [2.05, 4.69) is 35.7 Å². The molecule has 2 nitrogen and oxygen atoms in total. The molecule has 0 unspecified atom stereocenters. The van der Waals surface area contributed by atoms with Gasteiger partial charge in [0.25, 0.3) is 0 Å². The zero-order valence-electron chi connectivity index (χ0n) is 10.4. The zero-order chi connectivity index (χ0) is 13.2. The molecule has 0 atom stereocenters. The summed E-state index contributed by atoms with van der Waals surface area (Å²) in [5.41, 5.74) is 4.30. The smallest absolute Gasteiger partial charge is 0.0992 e. The number of benzene rings is 2. The first kappa shape index (κ1) is 12.1. The maximum Gasteiger partial charge on any atom is 0.0992 e. The lowest BCUT2D eigenvalue weighted by molar-refractivity contribution is 0.774. The Balaban J connectivity index is 1.76. The second-order valence-electron chi connectivity index (χ2n) is 4.82. The molecule has 2 aromatic rings. The maximum absolute atomic E-state index is 8.83. The predicted molar refractivity (Wildman–Crippen MR) is 77.4 cm³/mol. The van der Waals surface area contributed by atoms with Crippen LogP contribution in [0.5, 0.6) is 0 Å². The van der Waals surface area contributed by atoms with E-state index in [9.17, 15) is 0 Å². The van der Waals surface area contributed by atoms with Gasteiger partial charge in [-0.25, -0.2) is 0 Å². The van der Waals surface area contributed by atoms with Crippen molar-refractivity contribution in [1.29, 1.82) is 5.26 Å². The molecule has 0 heterocycles. The van der Waals surface area contributed by atoms with Gasteiger partial charge in [-0.15, -0.1) is 0 Å². The molecule has 3 heteroatoms. The monoisotopic (exact) mass is 268 g/mol. The van der Waals surface area contributed by atoms with Crippen LogP contribution in [0, 0.1) is 11.3 Å². The van der Waals surface area contributed by atoms with Gasteiger partial charge in [0.1, 0.15) is 0 Å². The fraction of sp³-hybridized carbons (Fsp3) is 0.188. The molecule has 0 fully saturated rings. The predicted octanol–water partition coefficient (Wildman–Crippen LogP) is 3.79.